The van der Waals surface area contributed by atoms with Gasteiger partial charge in [-0.1, -0.05) is 20.8 Å². The molecule has 14 heavy (non-hydrogen) atoms. The number of fused-ring (bicyclic) bond motifs is 2. The smallest absolute Gasteiger partial charge is 0.310 e. The minimum atomic E-state index is -0.734. The normalized spacial score (nSPS) is 49.6. The van der Waals surface area contributed by atoms with E-state index < -0.39 is 17.5 Å². The lowest BCUT2D eigenvalue weighted by molar-refractivity contribution is -0.154. The van der Waals surface area contributed by atoms with Crippen LogP contribution in [0.15, 0.2) is 0 Å². The molecule has 2 fully saturated rings. The van der Waals surface area contributed by atoms with Crippen LogP contribution in [-0.4, -0.2) is 22.3 Å². The Morgan fingerprint density at radius 1 is 1.29 bits per heavy atom. The second kappa shape index (κ2) is 2.32. The second-order valence-corrected chi connectivity index (χ2v) is 5.65. The van der Waals surface area contributed by atoms with Gasteiger partial charge in [0.25, 0.3) is 0 Å². The Morgan fingerprint density at radius 2 is 1.86 bits per heavy atom. The first-order valence-electron chi connectivity index (χ1n) is 5.19. The molecule has 80 valence electrons. The molecule has 3 nitrogen and oxygen atoms in total. The van der Waals surface area contributed by atoms with Crippen molar-refractivity contribution in [1.29, 1.82) is 0 Å². The average Bonchev–Trinajstić information content (AvgIpc) is 2.34. The number of carbonyl (C=O) groups is 1. The molecule has 0 spiro atoms. The highest BCUT2D eigenvalue weighted by molar-refractivity contribution is 5.77. The minimum Gasteiger partial charge on any atom is -0.481 e. The second-order valence-electron chi connectivity index (χ2n) is 5.65. The van der Waals surface area contributed by atoms with E-state index in [4.69, 9.17) is 0 Å². The standard InChI is InChI=1S/C11H18O3/c1-9(2)10(3)4-5-11(9,8(13)14)6-7(10)12/h7,12H,4-6H2,1-3H3,(H,13,14). The maximum absolute atomic E-state index is 11.4. The molecule has 2 aliphatic carbocycles. The molecule has 3 unspecified atom stereocenters. The molecule has 0 aromatic carbocycles. The molecule has 3 atom stereocenters. The molecule has 2 N–H and O–H groups in total. The highest BCUT2D eigenvalue weighted by Gasteiger charge is 2.72. The van der Waals surface area contributed by atoms with Gasteiger partial charge in [-0.05, 0) is 30.1 Å². The van der Waals surface area contributed by atoms with Crippen LogP contribution in [0.1, 0.15) is 40.0 Å². The molecule has 0 radical (unpaired) electrons. The molecule has 0 aliphatic heterocycles. The quantitative estimate of drug-likeness (QED) is 0.673. The fourth-order valence-corrected chi connectivity index (χ4v) is 3.60. The van der Waals surface area contributed by atoms with Crippen LogP contribution in [0.4, 0.5) is 0 Å². The van der Waals surface area contributed by atoms with Gasteiger partial charge in [0.2, 0.25) is 0 Å². The average molecular weight is 198 g/mol. The van der Waals surface area contributed by atoms with Crippen molar-refractivity contribution in [3.8, 4) is 0 Å². The number of carboxylic acids is 1. The predicted molar refractivity (Wildman–Crippen MR) is 51.8 cm³/mol. The Kier molecular flexibility index (Phi) is 1.65. The zero-order valence-corrected chi connectivity index (χ0v) is 9.00. The number of aliphatic hydroxyl groups is 1. The first-order valence-corrected chi connectivity index (χ1v) is 5.19. The summed E-state index contributed by atoms with van der Waals surface area (Å²) in [6.45, 7) is 6.00. The van der Waals surface area contributed by atoms with Gasteiger partial charge in [0, 0.05) is 0 Å². The van der Waals surface area contributed by atoms with Crippen molar-refractivity contribution in [2.75, 3.05) is 0 Å². The van der Waals surface area contributed by atoms with Crippen LogP contribution in [0.2, 0.25) is 0 Å². The number of hydrogen-bond donors (Lipinski definition) is 2. The van der Waals surface area contributed by atoms with E-state index in [1.165, 1.54) is 0 Å². The van der Waals surface area contributed by atoms with Crippen molar-refractivity contribution in [3.05, 3.63) is 0 Å². The Bertz CT molecular complexity index is 297. The van der Waals surface area contributed by atoms with E-state index in [0.717, 1.165) is 6.42 Å². The molecular weight excluding hydrogens is 180 g/mol. The maximum atomic E-state index is 11.4. The van der Waals surface area contributed by atoms with Gasteiger partial charge in [-0.15, -0.1) is 0 Å². The number of hydrogen-bond acceptors (Lipinski definition) is 2. The van der Waals surface area contributed by atoms with Gasteiger partial charge in [-0.2, -0.15) is 0 Å². The molecular formula is C11H18O3. The summed E-state index contributed by atoms with van der Waals surface area (Å²) in [5.41, 5.74) is -1.21. The topological polar surface area (TPSA) is 57.5 Å². The van der Waals surface area contributed by atoms with E-state index in [1.54, 1.807) is 0 Å². The van der Waals surface area contributed by atoms with Crippen LogP contribution in [0, 0.1) is 16.2 Å². The third kappa shape index (κ3) is 0.724. The van der Waals surface area contributed by atoms with Crippen LogP contribution < -0.4 is 0 Å². The molecule has 2 rings (SSSR count). The third-order valence-electron chi connectivity index (χ3n) is 5.38. The van der Waals surface area contributed by atoms with Crippen LogP contribution >= 0.6 is 0 Å². The fourth-order valence-electron chi connectivity index (χ4n) is 3.60. The van der Waals surface area contributed by atoms with Crippen LogP contribution in [0.5, 0.6) is 0 Å². The number of carboxylic acid groups (broad SMARTS) is 1. The highest BCUT2D eigenvalue weighted by Crippen LogP contribution is 2.72. The summed E-state index contributed by atoms with van der Waals surface area (Å²) in [6, 6.07) is 0. The highest BCUT2D eigenvalue weighted by atomic mass is 16.4. The van der Waals surface area contributed by atoms with E-state index in [1.807, 2.05) is 20.8 Å². The van der Waals surface area contributed by atoms with Crippen molar-refractivity contribution in [2.24, 2.45) is 16.2 Å². The first kappa shape index (κ1) is 9.97. The molecule has 2 saturated carbocycles. The molecule has 0 heterocycles. The van der Waals surface area contributed by atoms with E-state index in [9.17, 15) is 15.0 Å². The molecule has 2 aliphatic rings. The lowest BCUT2D eigenvalue weighted by Gasteiger charge is -2.38. The summed E-state index contributed by atoms with van der Waals surface area (Å²) >= 11 is 0. The summed E-state index contributed by atoms with van der Waals surface area (Å²) in [6.07, 6.45) is 1.50. The van der Waals surface area contributed by atoms with Crippen LogP contribution in [-0.2, 0) is 4.79 Å². The molecule has 0 aromatic heterocycles. The van der Waals surface area contributed by atoms with E-state index in [2.05, 4.69) is 0 Å². The fraction of sp³-hybridized carbons (Fsp3) is 0.909. The van der Waals surface area contributed by atoms with Gasteiger partial charge in [-0.3, -0.25) is 4.79 Å². The van der Waals surface area contributed by atoms with Gasteiger partial charge < -0.3 is 10.2 Å². The maximum Gasteiger partial charge on any atom is 0.310 e. The lowest BCUT2D eigenvalue weighted by atomic mass is 9.65. The Labute approximate surface area is 84.1 Å². The summed E-state index contributed by atoms with van der Waals surface area (Å²) in [7, 11) is 0. The summed E-state index contributed by atoms with van der Waals surface area (Å²) in [5, 5.41) is 19.3. The van der Waals surface area contributed by atoms with E-state index in [-0.39, 0.29) is 10.8 Å². The van der Waals surface area contributed by atoms with Gasteiger partial charge in [-0.25, -0.2) is 0 Å². The van der Waals surface area contributed by atoms with Crippen LogP contribution in [0.3, 0.4) is 0 Å². The van der Waals surface area contributed by atoms with E-state index in [0.29, 0.717) is 12.8 Å². The number of aliphatic carboxylic acids is 1. The van der Waals surface area contributed by atoms with Gasteiger partial charge in [0.15, 0.2) is 0 Å². The summed E-state index contributed by atoms with van der Waals surface area (Å²) in [4.78, 5) is 11.4. The summed E-state index contributed by atoms with van der Waals surface area (Å²) in [5.74, 6) is -0.734. The van der Waals surface area contributed by atoms with Gasteiger partial charge in [0.05, 0.1) is 11.5 Å². The van der Waals surface area contributed by atoms with Crippen molar-refractivity contribution >= 4 is 5.97 Å². The zero-order valence-electron chi connectivity index (χ0n) is 9.00. The van der Waals surface area contributed by atoms with Crippen molar-refractivity contribution in [3.63, 3.8) is 0 Å². The van der Waals surface area contributed by atoms with E-state index >= 15 is 0 Å². The lowest BCUT2D eigenvalue weighted by Crippen LogP contribution is -2.40. The molecule has 0 aromatic rings. The monoisotopic (exact) mass is 198 g/mol. The van der Waals surface area contributed by atoms with Crippen molar-refractivity contribution in [2.45, 2.75) is 46.1 Å². The Morgan fingerprint density at radius 3 is 2.07 bits per heavy atom. The largest absolute Gasteiger partial charge is 0.481 e. The molecule has 2 bridgehead atoms. The van der Waals surface area contributed by atoms with Gasteiger partial charge in [0.1, 0.15) is 0 Å². The van der Waals surface area contributed by atoms with Crippen molar-refractivity contribution < 1.29 is 15.0 Å². The first-order chi connectivity index (χ1) is 6.28. The number of rotatable bonds is 1. The minimum absolute atomic E-state index is 0.217. The molecule has 0 amide bonds. The van der Waals surface area contributed by atoms with Crippen molar-refractivity contribution in [1.82, 2.24) is 0 Å². The third-order valence-corrected chi connectivity index (χ3v) is 5.38. The molecule has 0 saturated heterocycles. The summed E-state index contributed by atoms with van der Waals surface area (Å²) < 4.78 is 0. The Hall–Kier alpha value is -0.570. The SMILES string of the molecule is CC12CCC(C(=O)O)(CC1O)C2(C)C. The molecule has 3 heteroatoms. The Balaban J connectivity index is 2.54. The zero-order chi connectivity index (χ0) is 10.8. The van der Waals surface area contributed by atoms with Crippen LogP contribution in [0.25, 0.3) is 0 Å². The number of aliphatic hydroxyl groups excluding tert-OH is 1. The predicted octanol–water partition coefficient (Wildman–Crippen LogP) is 1.65. The van der Waals surface area contributed by atoms with Gasteiger partial charge >= 0.3 is 5.97 Å².